The van der Waals surface area contributed by atoms with E-state index in [2.05, 4.69) is 81.6 Å². The van der Waals surface area contributed by atoms with Gasteiger partial charge in [-0.25, -0.2) is 8.42 Å². The van der Waals surface area contributed by atoms with Crippen LogP contribution in [0.25, 0.3) is 10.8 Å². The molecule has 0 fully saturated rings. The highest BCUT2D eigenvalue weighted by atomic mass is 32.2. The van der Waals surface area contributed by atoms with Gasteiger partial charge in [-0.3, -0.25) is 0 Å². The van der Waals surface area contributed by atoms with Crippen LogP contribution in [0.2, 0.25) is 0 Å². The molecule has 0 heterocycles. The summed E-state index contributed by atoms with van der Waals surface area (Å²) in [4.78, 5) is 1.50. The highest BCUT2D eigenvalue weighted by molar-refractivity contribution is 7.84. The van der Waals surface area contributed by atoms with Gasteiger partial charge in [-0.15, -0.1) is 0 Å². The van der Waals surface area contributed by atoms with Crippen molar-refractivity contribution in [2.45, 2.75) is 46.0 Å². The number of aryl methyl sites for hydroxylation is 3. The molecule has 1 atom stereocenters. The van der Waals surface area contributed by atoms with Crippen molar-refractivity contribution < 1.29 is 17.9 Å². The van der Waals surface area contributed by atoms with Gasteiger partial charge in [0, 0.05) is 18.7 Å². The fourth-order valence-corrected chi connectivity index (χ4v) is 3.83. The Balaban J connectivity index is 0.000000614. The lowest BCUT2D eigenvalue weighted by Gasteiger charge is -2.15. The van der Waals surface area contributed by atoms with Gasteiger partial charge in [-0.05, 0) is 59.7 Å². The molecule has 0 radical (unpaired) electrons. The fraction of sp³-hybridized carbons (Fsp3) is 0.385. The Morgan fingerprint density at radius 2 is 1.42 bits per heavy atom. The number of rotatable bonds is 8. The van der Waals surface area contributed by atoms with Crippen LogP contribution in [-0.2, 0) is 23.0 Å². The molecule has 3 rings (SSSR count). The molecule has 0 amide bonds. The molecular formula is C26H35NO3S. The van der Waals surface area contributed by atoms with Gasteiger partial charge in [0.05, 0.1) is 23.7 Å². The molecule has 3 aromatic rings. The first-order chi connectivity index (χ1) is 14.7. The number of hydrogen-bond acceptors (Lipinski definition) is 3. The first-order valence-electron chi connectivity index (χ1n) is 11.0. The second kappa shape index (κ2) is 12.0. The van der Waals surface area contributed by atoms with Crippen LogP contribution < -0.4 is 4.90 Å². The Bertz CT molecular complexity index is 1070. The Labute approximate surface area is 187 Å². The van der Waals surface area contributed by atoms with Gasteiger partial charge in [0.25, 0.3) is 0 Å². The van der Waals surface area contributed by atoms with Crippen molar-refractivity contribution in [1.82, 2.24) is 0 Å². The third kappa shape index (κ3) is 8.82. The van der Waals surface area contributed by atoms with E-state index in [1.807, 2.05) is 0 Å². The van der Waals surface area contributed by atoms with E-state index in [9.17, 15) is 0 Å². The summed E-state index contributed by atoms with van der Waals surface area (Å²) in [6.07, 6.45) is 6.68. The van der Waals surface area contributed by atoms with E-state index in [-0.39, 0.29) is 0 Å². The minimum atomic E-state index is -3.92. The molecule has 1 N–H and O–H groups in total. The zero-order valence-electron chi connectivity index (χ0n) is 19.1. The van der Waals surface area contributed by atoms with E-state index in [0.717, 1.165) is 13.0 Å². The second-order valence-corrected chi connectivity index (χ2v) is 9.65. The van der Waals surface area contributed by atoms with Crippen molar-refractivity contribution in [3.63, 3.8) is 0 Å². The number of quaternary nitrogens is 1. The quantitative estimate of drug-likeness (QED) is 0.526. The van der Waals surface area contributed by atoms with E-state index in [1.54, 1.807) is 0 Å². The summed E-state index contributed by atoms with van der Waals surface area (Å²) in [6, 6.07) is 22.6. The van der Waals surface area contributed by atoms with Gasteiger partial charge in [0.2, 0.25) is 0 Å². The number of nitrogens with one attached hydrogen (secondary N) is 1. The van der Waals surface area contributed by atoms with Crippen LogP contribution in [0.1, 0.15) is 42.9 Å². The molecule has 5 heteroatoms. The first kappa shape index (κ1) is 25.1. The average Bonchev–Trinajstić information content (AvgIpc) is 2.71. The molecule has 0 aliphatic carbocycles. The van der Waals surface area contributed by atoms with E-state index < -0.39 is 10.1 Å². The summed E-state index contributed by atoms with van der Waals surface area (Å²) in [5, 5.41) is 2.91. The third-order valence-electron chi connectivity index (χ3n) is 5.41. The van der Waals surface area contributed by atoms with E-state index in [1.165, 1.54) is 63.7 Å². The molecule has 0 aliphatic heterocycles. The standard InChI is InChI=1S/C25H31N.CH4O3S/c1-4-5-11-21-16-17-22(25-15-7-6-14-24(21)25)12-9-18-26(3)23-13-8-10-20(2)19-23;1-5(2,3)4/h6-8,10,13-17,19H,4-5,9,11-12,18H2,1-3H3;1H3,(H,2,3,4). The predicted octanol–water partition coefficient (Wildman–Crippen LogP) is 4.43. The predicted molar refractivity (Wildman–Crippen MR) is 129 cm³/mol. The molecular weight excluding hydrogens is 406 g/mol. The van der Waals surface area contributed by atoms with Gasteiger partial charge in [0.15, 0.2) is 0 Å². The summed E-state index contributed by atoms with van der Waals surface area (Å²) in [7, 11) is -1.64. The van der Waals surface area contributed by atoms with Crippen LogP contribution in [-0.4, -0.2) is 32.8 Å². The largest absolute Gasteiger partial charge is 0.748 e. The number of benzene rings is 3. The normalized spacial score (nSPS) is 12.3. The van der Waals surface area contributed by atoms with Crippen molar-refractivity contribution >= 4 is 26.6 Å². The van der Waals surface area contributed by atoms with Crippen LogP contribution in [0.4, 0.5) is 5.69 Å². The molecule has 0 aliphatic rings. The molecule has 0 saturated heterocycles. The van der Waals surface area contributed by atoms with Gasteiger partial charge in [0.1, 0.15) is 5.69 Å². The molecule has 0 saturated carbocycles. The lowest BCUT2D eigenvalue weighted by atomic mass is 9.94. The molecule has 31 heavy (non-hydrogen) atoms. The summed E-state index contributed by atoms with van der Waals surface area (Å²) in [5.74, 6) is 0. The average molecular weight is 442 g/mol. The summed E-state index contributed by atoms with van der Waals surface area (Å²) >= 11 is 0. The van der Waals surface area contributed by atoms with Gasteiger partial charge in [-0.2, -0.15) is 0 Å². The summed E-state index contributed by atoms with van der Waals surface area (Å²) in [5.41, 5.74) is 5.74. The summed E-state index contributed by atoms with van der Waals surface area (Å²) < 4.78 is 27.2. The van der Waals surface area contributed by atoms with Crippen LogP contribution in [0.5, 0.6) is 0 Å². The lowest BCUT2D eigenvalue weighted by molar-refractivity contribution is -0.810. The van der Waals surface area contributed by atoms with Crippen molar-refractivity contribution in [2.75, 3.05) is 19.8 Å². The molecule has 1 unspecified atom stereocenters. The molecule has 4 nitrogen and oxygen atoms in total. The lowest BCUT2D eigenvalue weighted by Crippen LogP contribution is -3.04. The topological polar surface area (TPSA) is 61.6 Å². The van der Waals surface area contributed by atoms with E-state index >= 15 is 0 Å². The Hall–Kier alpha value is -2.21. The zero-order valence-corrected chi connectivity index (χ0v) is 20.0. The maximum Gasteiger partial charge on any atom is 0.131 e. The van der Waals surface area contributed by atoms with Crippen molar-refractivity contribution in [3.05, 3.63) is 77.4 Å². The number of unbranched alkanes of at least 4 members (excludes halogenated alkanes) is 1. The van der Waals surface area contributed by atoms with Crippen LogP contribution >= 0.6 is 0 Å². The molecule has 0 bridgehead atoms. The van der Waals surface area contributed by atoms with E-state index in [0.29, 0.717) is 6.26 Å². The third-order valence-corrected chi connectivity index (χ3v) is 5.41. The number of hydrogen-bond donors (Lipinski definition) is 1. The highest BCUT2D eigenvalue weighted by Gasteiger charge is 2.09. The number of fused-ring (bicyclic) bond motifs is 1. The maximum absolute atomic E-state index is 9.08. The Morgan fingerprint density at radius 3 is 1.94 bits per heavy atom. The molecule has 168 valence electrons. The van der Waals surface area contributed by atoms with Crippen molar-refractivity contribution in [2.24, 2.45) is 0 Å². The minimum Gasteiger partial charge on any atom is -0.748 e. The molecule has 0 aromatic heterocycles. The molecule has 3 aromatic carbocycles. The smallest absolute Gasteiger partial charge is 0.131 e. The van der Waals surface area contributed by atoms with E-state index in [4.69, 9.17) is 13.0 Å². The Morgan fingerprint density at radius 1 is 0.871 bits per heavy atom. The second-order valence-electron chi connectivity index (χ2n) is 8.24. The SMILES string of the molecule is CCCCc1ccc(CCC[NH+](C)c2cccc(C)c2)c2ccccc12.CS(=O)(=O)[O-]. The Kier molecular flexibility index (Phi) is 9.69. The maximum atomic E-state index is 9.08. The van der Waals surface area contributed by atoms with Crippen molar-refractivity contribution in [3.8, 4) is 0 Å². The van der Waals surface area contributed by atoms with Gasteiger partial charge in [-0.1, -0.05) is 61.9 Å². The first-order valence-corrected chi connectivity index (χ1v) is 12.8. The van der Waals surface area contributed by atoms with Crippen LogP contribution in [0.15, 0.2) is 60.7 Å². The van der Waals surface area contributed by atoms with Crippen LogP contribution in [0.3, 0.4) is 0 Å². The highest BCUT2D eigenvalue weighted by Crippen LogP contribution is 2.25. The van der Waals surface area contributed by atoms with Crippen molar-refractivity contribution in [1.29, 1.82) is 0 Å². The fourth-order valence-electron chi connectivity index (χ4n) is 3.83. The molecule has 0 spiro atoms. The monoisotopic (exact) mass is 441 g/mol. The summed E-state index contributed by atoms with van der Waals surface area (Å²) in [6.45, 7) is 5.60. The van der Waals surface area contributed by atoms with Gasteiger partial charge >= 0.3 is 0 Å². The minimum absolute atomic E-state index is 0.604. The van der Waals surface area contributed by atoms with Crippen LogP contribution in [0, 0.1) is 6.92 Å². The zero-order chi connectivity index (χ0) is 22.9. The van der Waals surface area contributed by atoms with Gasteiger partial charge < -0.3 is 9.45 Å².